The van der Waals surface area contributed by atoms with Crippen molar-refractivity contribution >= 4 is 17.3 Å². The number of halogens is 1. The first kappa shape index (κ1) is 15.5. The van der Waals surface area contributed by atoms with Gasteiger partial charge in [-0.3, -0.25) is 0 Å². The van der Waals surface area contributed by atoms with Gasteiger partial charge in [-0.05, 0) is 55.2 Å². The highest BCUT2D eigenvalue weighted by Gasteiger charge is 2.29. The summed E-state index contributed by atoms with van der Waals surface area (Å²) < 4.78 is 5.18. The third-order valence-electron chi connectivity index (χ3n) is 4.47. The first-order valence-electron chi connectivity index (χ1n) is 7.50. The van der Waals surface area contributed by atoms with E-state index < -0.39 is 0 Å². The SMILES string of the molecule is COc1ccc(NC2CCC(C(C)(C)C)CC2)cc1Cl. The van der Waals surface area contributed by atoms with Gasteiger partial charge in [0.1, 0.15) is 5.75 Å². The Morgan fingerprint density at radius 2 is 1.80 bits per heavy atom. The van der Waals surface area contributed by atoms with E-state index in [1.807, 2.05) is 18.2 Å². The van der Waals surface area contributed by atoms with Crippen molar-refractivity contribution in [2.45, 2.75) is 52.5 Å². The van der Waals surface area contributed by atoms with E-state index in [4.69, 9.17) is 16.3 Å². The zero-order valence-corrected chi connectivity index (χ0v) is 13.8. The number of methoxy groups -OCH3 is 1. The van der Waals surface area contributed by atoms with Crippen LogP contribution < -0.4 is 10.1 Å². The fraction of sp³-hybridized carbons (Fsp3) is 0.647. The number of benzene rings is 1. The van der Waals surface area contributed by atoms with Gasteiger partial charge in [-0.2, -0.15) is 0 Å². The maximum Gasteiger partial charge on any atom is 0.137 e. The first-order chi connectivity index (χ1) is 9.40. The second kappa shape index (κ2) is 6.26. The van der Waals surface area contributed by atoms with Crippen molar-refractivity contribution in [1.29, 1.82) is 0 Å². The van der Waals surface area contributed by atoms with Crippen LogP contribution in [0.4, 0.5) is 5.69 Å². The molecule has 3 heteroatoms. The molecule has 1 aromatic rings. The number of ether oxygens (including phenoxy) is 1. The maximum absolute atomic E-state index is 6.17. The molecule has 0 atom stereocenters. The Hall–Kier alpha value is -0.890. The lowest BCUT2D eigenvalue weighted by molar-refractivity contribution is 0.173. The minimum atomic E-state index is 0.439. The Balaban J connectivity index is 1.91. The van der Waals surface area contributed by atoms with Crippen LogP contribution in [0.2, 0.25) is 5.02 Å². The Morgan fingerprint density at radius 1 is 1.15 bits per heavy atom. The lowest BCUT2D eigenvalue weighted by atomic mass is 9.71. The number of anilines is 1. The summed E-state index contributed by atoms with van der Waals surface area (Å²) in [4.78, 5) is 0. The summed E-state index contributed by atoms with van der Waals surface area (Å²) in [7, 11) is 1.64. The van der Waals surface area contributed by atoms with Gasteiger partial charge >= 0.3 is 0 Å². The number of hydrogen-bond donors (Lipinski definition) is 1. The molecule has 1 fully saturated rings. The second-order valence-electron chi connectivity index (χ2n) is 6.91. The molecular formula is C17H26ClNO. The van der Waals surface area contributed by atoms with Crippen LogP contribution in [0.5, 0.6) is 5.75 Å². The molecule has 1 aliphatic rings. The van der Waals surface area contributed by atoms with E-state index in [2.05, 4.69) is 26.1 Å². The van der Waals surface area contributed by atoms with E-state index in [9.17, 15) is 0 Å². The van der Waals surface area contributed by atoms with E-state index in [0.717, 1.165) is 17.4 Å². The van der Waals surface area contributed by atoms with Crippen LogP contribution in [0.15, 0.2) is 18.2 Å². The monoisotopic (exact) mass is 295 g/mol. The van der Waals surface area contributed by atoms with Gasteiger partial charge in [0.05, 0.1) is 12.1 Å². The molecule has 0 spiro atoms. The minimum absolute atomic E-state index is 0.439. The fourth-order valence-electron chi connectivity index (χ4n) is 3.10. The molecule has 1 aliphatic carbocycles. The standard InChI is InChI=1S/C17H26ClNO/c1-17(2,3)12-5-7-13(8-6-12)19-14-9-10-16(20-4)15(18)11-14/h9-13,19H,5-8H2,1-4H3. The summed E-state index contributed by atoms with van der Waals surface area (Å²) in [5.74, 6) is 1.58. The van der Waals surface area contributed by atoms with Crippen molar-refractivity contribution in [1.82, 2.24) is 0 Å². The second-order valence-corrected chi connectivity index (χ2v) is 7.32. The molecule has 0 amide bonds. The highest BCUT2D eigenvalue weighted by molar-refractivity contribution is 6.32. The quantitative estimate of drug-likeness (QED) is 0.810. The average Bonchev–Trinajstić information content (AvgIpc) is 2.38. The average molecular weight is 296 g/mol. The van der Waals surface area contributed by atoms with Gasteiger partial charge in [-0.25, -0.2) is 0 Å². The molecule has 0 aliphatic heterocycles. The predicted molar refractivity (Wildman–Crippen MR) is 86.8 cm³/mol. The minimum Gasteiger partial charge on any atom is -0.495 e. The van der Waals surface area contributed by atoms with Gasteiger partial charge in [0.25, 0.3) is 0 Å². The van der Waals surface area contributed by atoms with E-state index in [1.54, 1.807) is 7.11 Å². The summed E-state index contributed by atoms with van der Waals surface area (Å²) in [5, 5.41) is 4.27. The molecular weight excluding hydrogens is 270 g/mol. The number of rotatable bonds is 3. The largest absolute Gasteiger partial charge is 0.495 e. The van der Waals surface area contributed by atoms with Gasteiger partial charge in [-0.1, -0.05) is 32.4 Å². The van der Waals surface area contributed by atoms with Gasteiger partial charge < -0.3 is 10.1 Å². The molecule has 1 saturated carbocycles. The van der Waals surface area contributed by atoms with Crippen molar-refractivity contribution in [3.63, 3.8) is 0 Å². The van der Waals surface area contributed by atoms with E-state index in [0.29, 0.717) is 16.5 Å². The summed E-state index contributed by atoms with van der Waals surface area (Å²) in [6, 6.07) is 6.49. The molecule has 2 nitrogen and oxygen atoms in total. The molecule has 20 heavy (non-hydrogen) atoms. The van der Waals surface area contributed by atoms with Crippen LogP contribution in [0, 0.1) is 11.3 Å². The Kier molecular flexibility index (Phi) is 4.85. The molecule has 0 radical (unpaired) electrons. The third-order valence-corrected chi connectivity index (χ3v) is 4.77. The summed E-state index contributed by atoms with van der Waals surface area (Å²) in [6.45, 7) is 7.07. The van der Waals surface area contributed by atoms with Crippen LogP contribution in [0.25, 0.3) is 0 Å². The van der Waals surface area contributed by atoms with E-state index >= 15 is 0 Å². The van der Waals surface area contributed by atoms with E-state index in [1.165, 1.54) is 25.7 Å². The topological polar surface area (TPSA) is 21.3 Å². The molecule has 0 unspecified atom stereocenters. The van der Waals surface area contributed by atoms with Crippen molar-refractivity contribution in [2.75, 3.05) is 12.4 Å². The smallest absolute Gasteiger partial charge is 0.137 e. The summed E-state index contributed by atoms with van der Waals surface area (Å²) in [5.41, 5.74) is 1.53. The van der Waals surface area contributed by atoms with Crippen LogP contribution >= 0.6 is 11.6 Å². The van der Waals surface area contributed by atoms with Gasteiger partial charge in [-0.15, -0.1) is 0 Å². The first-order valence-corrected chi connectivity index (χ1v) is 7.88. The van der Waals surface area contributed by atoms with Crippen molar-refractivity contribution < 1.29 is 4.74 Å². The van der Waals surface area contributed by atoms with Gasteiger partial charge in [0.15, 0.2) is 0 Å². The van der Waals surface area contributed by atoms with E-state index in [-0.39, 0.29) is 0 Å². The Bertz CT molecular complexity index is 445. The molecule has 0 aromatic heterocycles. The molecule has 0 heterocycles. The Labute approximate surface area is 127 Å². The zero-order valence-electron chi connectivity index (χ0n) is 13.0. The number of hydrogen-bond acceptors (Lipinski definition) is 2. The summed E-state index contributed by atoms with van der Waals surface area (Å²) >= 11 is 6.17. The maximum atomic E-state index is 6.17. The Morgan fingerprint density at radius 3 is 2.30 bits per heavy atom. The van der Waals surface area contributed by atoms with Gasteiger partial charge in [0, 0.05) is 11.7 Å². The fourth-order valence-corrected chi connectivity index (χ4v) is 3.35. The lowest BCUT2D eigenvalue weighted by Gasteiger charge is -2.37. The molecule has 0 bridgehead atoms. The van der Waals surface area contributed by atoms with Crippen LogP contribution in [-0.2, 0) is 0 Å². The van der Waals surface area contributed by atoms with Crippen LogP contribution in [0.3, 0.4) is 0 Å². The van der Waals surface area contributed by atoms with Crippen molar-refractivity contribution in [2.24, 2.45) is 11.3 Å². The van der Waals surface area contributed by atoms with Crippen LogP contribution in [0.1, 0.15) is 46.5 Å². The number of nitrogens with one attached hydrogen (secondary N) is 1. The molecule has 112 valence electrons. The zero-order chi connectivity index (χ0) is 14.8. The van der Waals surface area contributed by atoms with Gasteiger partial charge in [0.2, 0.25) is 0 Å². The highest BCUT2D eigenvalue weighted by Crippen LogP contribution is 2.38. The normalized spacial score (nSPS) is 23.4. The summed E-state index contributed by atoms with van der Waals surface area (Å²) in [6.07, 6.45) is 5.10. The third kappa shape index (κ3) is 3.82. The molecule has 1 N–H and O–H groups in total. The van der Waals surface area contributed by atoms with Crippen LogP contribution in [-0.4, -0.2) is 13.2 Å². The molecule has 0 saturated heterocycles. The predicted octanol–water partition coefficient (Wildman–Crippen LogP) is 5.37. The molecule has 1 aromatic carbocycles. The van der Waals surface area contributed by atoms with Crippen molar-refractivity contribution in [3.8, 4) is 5.75 Å². The lowest BCUT2D eigenvalue weighted by Crippen LogP contribution is -2.31. The van der Waals surface area contributed by atoms with Crippen molar-refractivity contribution in [3.05, 3.63) is 23.2 Å². The molecule has 2 rings (SSSR count). The highest BCUT2D eigenvalue weighted by atomic mass is 35.5.